The average Bonchev–Trinajstić information content (AvgIpc) is 3.71. The fourth-order valence-corrected chi connectivity index (χ4v) is 15.4. The van der Waals surface area contributed by atoms with E-state index in [1.165, 1.54) is 41.7 Å². The van der Waals surface area contributed by atoms with Crippen molar-refractivity contribution in [3.63, 3.8) is 0 Å². The molecule has 3 nitrogen and oxygen atoms in total. The van der Waals surface area contributed by atoms with Gasteiger partial charge in [-0.1, -0.05) is 159 Å². The quantitative estimate of drug-likeness (QED) is 0.133. The molecule has 1 aliphatic heterocycles. The van der Waals surface area contributed by atoms with Gasteiger partial charge in [-0.15, -0.1) is 0 Å². The molecule has 3 heterocycles. The molecule has 0 saturated heterocycles. The van der Waals surface area contributed by atoms with E-state index in [0.717, 1.165) is 33.5 Å². The normalized spacial score (nSPS) is 13.8. The van der Waals surface area contributed by atoms with Crippen LogP contribution in [0.3, 0.4) is 0 Å². The highest BCUT2D eigenvalue weighted by atomic mass is 32.2. The van der Waals surface area contributed by atoms with Crippen LogP contribution in [0.5, 0.6) is 0 Å². The van der Waals surface area contributed by atoms with Crippen molar-refractivity contribution in [3.05, 3.63) is 187 Å². The molecule has 0 radical (unpaired) electrons. The van der Waals surface area contributed by atoms with Gasteiger partial charge in [0, 0.05) is 20.9 Å². The topological polar surface area (TPSA) is 22.2 Å². The van der Waals surface area contributed by atoms with Crippen LogP contribution in [0, 0.1) is 0 Å². The highest BCUT2D eigenvalue weighted by Crippen LogP contribution is 2.48. The smallest absolute Gasteiger partial charge is 0.220 e. The van der Waals surface area contributed by atoms with Gasteiger partial charge in [0.2, 0.25) is 5.78 Å². The molecule has 2 aromatic heterocycles. The van der Waals surface area contributed by atoms with Crippen molar-refractivity contribution in [1.82, 2.24) is 14.0 Å². The summed E-state index contributed by atoms with van der Waals surface area (Å²) in [5.74, 6) is 0.925. The van der Waals surface area contributed by atoms with E-state index in [0.29, 0.717) is 0 Å². The van der Waals surface area contributed by atoms with Crippen LogP contribution in [0.4, 0.5) is 0 Å². The first-order chi connectivity index (χ1) is 25.1. The number of fused-ring (bicyclic) bond motifs is 7. The van der Waals surface area contributed by atoms with Crippen LogP contribution in [-0.2, 0) is 5.41 Å². The SMILES string of the molecule is CC1(C)c2ccccc2Sc2c1cccc2[Si](c1ccccc1)(c1ccccc1)c1ccc(-n2c3ccccc3n3c4ccccc4nc23)cc1. The molecule has 244 valence electrons. The molecular weight excluding hydrogens is 655 g/mol. The minimum absolute atomic E-state index is 0.126. The summed E-state index contributed by atoms with van der Waals surface area (Å²) in [5, 5.41) is 5.55. The zero-order valence-electron chi connectivity index (χ0n) is 28.5. The van der Waals surface area contributed by atoms with Crippen molar-refractivity contribution in [3.8, 4) is 5.69 Å². The standard InChI is InChI=1S/C46H35N3SSi/c1-46(2)36-20-9-14-26-42(36)50-44-37(46)21-15-27-43(44)51(33-16-5-3-6-17-33,34-18-7-4-8-19-34)35-30-28-32(29-31-35)48-40-24-12-13-25-41(40)49-39-23-11-10-22-38(39)47-45(48)49/h3-31H,1-2H3. The maximum absolute atomic E-state index is 5.15. The Morgan fingerprint density at radius 1 is 0.510 bits per heavy atom. The van der Waals surface area contributed by atoms with Crippen molar-refractivity contribution in [2.45, 2.75) is 29.1 Å². The van der Waals surface area contributed by atoms with E-state index < -0.39 is 8.07 Å². The lowest BCUT2D eigenvalue weighted by atomic mass is 9.78. The van der Waals surface area contributed by atoms with Crippen LogP contribution < -0.4 is 20.7 Å². The Balaban J connectivity index is 1.25. The Morgan fingerprint density at radius 2 is 1.08 bits per heavy atom. The number of nitrogens with zero attached hydrogens (tertiary/aromatic N) is 3. The third-order valence-electron chi connectivity index (χ3n) is 10.9. The summed E-state index contributed by atoms with van der Waals surface area (Å²) in [6.45, 7) is 4.77. The number of aromatic nitrogens is 3. The molecule has 0 N–H and O–H groups in total. The van der Waals surface area contributed by atoms with Gasteiger partial charge in [0.15, 0.2) is 8.07 Å². The Morgan fingerprint density at radius 3 is 1.80 bits per heavy atom. The third-order valence-corrected chi connectivity index (χ3v) is 17.2. The first-order valence-corrected chi connectivity index (χ1v) is 20.4. The Kier molecular flexibility index (Phi) is 6.79. The molecule has 10 rings (SSSR count). The molecule has 0 spiro atoms. The van der Waals surface area contributed by atoms with Crippen LogP contribution in [0.15, 0.2) is 186 Å². The van der Waals surface area contributed by atoms with Gasteiger partial charge in [0.25, 0.3) is 0 Å². The molecule has 0 aliphatic carbocycles. The van der Waals surface area contributed by atoms with Crippen LogP contribution in [0.1, 0.15) is 25.0 Å². The fourth-order valence-electron chi connectivity index (χ4n) is 8.57. The van der Waals surface area contributed by atoms with E-state index in [1.807, 2.05) is 11.8 Å². The highest BCUT2D eigenvalue weighted by molar-refractivity contribution is 7.99. The van der Waals surface area contributed by atoms with E-state index in [-0.39, 0.29) is 5.41 Å². The molecule has 0 saturated carbocycles. The summed E-state index contributed by atoms with van der Waals surface area (Å²) in [4.78, 5) is 7.89. The number of hydrogen-bond donors (Lipinski definition) is 0. The van der Waals surface area contributed by atoms with Gasteiger partial charge in [0.1, 0.15) is 0 Å². The maximum Gasteiger partial charge on any atom is 0.220 e. The van der Waals surface area contributed by atoms with E-state index in [1.54, 1.807) is 0 Å². The van der Waals surface area contributed by atoms with Gasteiger partial charge in [-0.3, -0.25) is 8.97 Å². The van der Waals surface area contributed by atoms with Crippen molar-refractivity contribution < 1.29 is 0 Å². The van der Waals surface area contributed by atoms with Crippen LogP contribution in [0.25, 0.3) is 33.5 Å². The van der Waals surface area contributed by atoms with E-state index >= 15 is 0 Å². The van der Waals surface area contributed by atoms with Gasteiger partial charge < -0.3 is 0 Å². The van der Waals surface area contributed by atoms with Crippen molar-refractivity contribution >= 4 is 68.4 Å². The molecule has 5 heteroatoms. The summed E-state index contributed by atoms with van der Waals surface area (Å²) < 4.78 is 4.60. The molecule has 51 heavy (non-hydrogen) atoms. The number of rotatable bonds is 5. The minimum Gasteiger partial charge on any atom is -0.278 e. The number of imidazole rings is 2. The first kappa shape index (κ1) is 30.2. The lowest BCUT2D eigenvalue weighted by Crippen LogP contribution is -2.75. The highest BCUT2D eigenvalue weighted by Gasteiger charge is 2.45. The molecular formula is C46H35N3SSi. The maximum atomic E-state index is 5.15. The Hall–Kier alpha value is -5.62. The lowest BCUT2D eigenvalue weighted by molar-refractivity contribution is 0.608. The zero-order valence-corrected chi connectivity index (χ0v) is 30.3. The molecule has 0 amide bonds. The second-order valence-electron chi connectivity index (χ2n) is 14.0. The fraction of sp³-hybridized carbons (Fsp3) is 0.0652. The molecule has 1 aliphatic rings. The van der Waals surface area contributed by atoms with Crippen molar-refractivity contribution in [1.29, 1.82) is 0 Å². The molecule has 0 unspecified atom stereocenters. The lowest BCUT2D eigenvalue weighted by Gasteiger charge is -2.40. The summed E-state index contributed by atoms with van der Waals surface area (Å²) in [5.41, 5.74) is 8.18. The van der Waals surface area contributed by atoms with Gasteiger partial charge >= 0.3 is 0 Å². The number of hydrogen-bond acceptors (Lipinski definition) is 2. The predicted molar refractivity (Wildman–Crippen MR) is 216 cm³/mol. The predicted octanol–water partition coefficient (Wildman–Crippen LogP) is 8.60. The summed E-state index contributed by atoms with van der Waals surface area (Å²) in [6, 6.07) is 65.1. The first-order valence-electron chi connectivity index (χ1n) is 17.6. The van der Waals surface area contributed by atoms with Crippen LogP contribution >= 0.6 is 11.8 Å². The number of para-hydroxylation sites is 4. The summed E-state index contributed by atoms with van der Waals surface area (Å²) in [7, 11) is -2.86. The van der Waals surface area contributed by atoms with Gasteiger partial charge in [0.05, 0.1) is 22.1 Å². The van der Waals surface area contributed by atoms with Crippen LogP contribution in [0.2, 0.25) is 0 Å². The second kappa shape index (κ2) is 11.5. The summed E-state index contributed by atoms with van der Waals surface area (Å²) >= 11 is 1.95. The van der Waals surface area contributed by atoms with E-state index in [2.05, 4.69) is 199 Å². The minimum atomic E-state index is -2.86. The second-order valence-corrected chi connectivity index (χ2v) is 18.8. The molecule has 0 atom stereocenters. The van der Waals surface area contributed by atoms with Crippen molar-refractivity contribution in [2.24, 2.45) is 0 Å². The van der Waals surface area contributed by atoms with Gasteiger partial charge in [-0.05, 0) is 74.3 Å². The molecule has 7 aromatic carbocycles. The monoisotopic (exact) mass is 689 g/mol. The van der Waals surface area contributed by atoms with Crippen molar-refractivity contribution in [2.75, 3.05) is 0 Å². The van der Waals surface area contributed by atoms with E-state index in [9.17, 15) is 0 Å². The van der Waals surface area contributed by atoms with Gasteiger partial charge in [-0.25, -0.2) is 4.98 Å². The number of benzene rings is 7. The Labute approximate surface area is 302 Å². The molecule has 9 aromatic rings. The molecule has 0 bridgehead atoms. The Bertz CT molecular complexity index is 2710. The van der Waals surface area contributed by atoms with Gasteiger partial charge in [-0.2, -0.15) is 0 Å². The average molecular weight is 690 g/mol. The largest absolute Gasteiger partial charge is 0.278 e. The summed E-state index contributed by atoms with van der Waals surface area (Å²) in [6.07, 6.45) is 0. The zero-order chi connectivity index (χ0) is 34.2. The van der Waals surface area contributed by atoms with E-state index in [4.69, 9.17) is 4.98 Å². The third kappa shape index (κ3) is 4.35. The van der Waals surface area contributed by atoms with Crippen LogP contribution in [-0.4, -0.2) is 22.0 Å². The molecule has 0 fully saturated rings.